The zero-order chi connectivity index (χ0) is 13.1. The van der Waals surface area contributed by atoms with Crippen molar-refractivity contribution < 1.29 is 4.79 Å². The maximum absolute atomic E-state index is 12.4. The predicted octanol–water partition coefficient (Wildman–Crippen LogP) is 3.30. The molecule has 1 heterocycles. The third-order valence-electron chi connectivity index (χ3n) is 3.56. The highest BCUT2D eigenvalue weighted by Crippen LogP contribution is 2.28. The lowest BCUT2D eigenvalue weighted by Crippen LogP contribution is -2.41. The van der Waals surface area contributed by atoms with Gasteiger partial charge in [-0.2, -0.15) is 0 Å². The average molecular weight is 323 g/mol. The molecule has 1 aromatic rings. The molecule has 1 saturated carbocycles. The number of hydrogen-bond donors (Lipinski definition) is 1. The van der Waals surface area contributed by atoms with Crippen LogP contribution in [0, 0.1) is 5.92 Å². The van der Waals surface area contributed by atoms with E-state index in [0.29, 0.717) is 6.54 Å². The van der Waals surface area contributed by atoms with Gasteiger partial charge in [0.25, 0.3) is 0 Å². The van der Waals surface area contributed by atoms with Crippen LogP contribution in [0.3, 0.4) is 0 Å². The van der Waals surface area contributed by atoms with Gasteiger partial charge in [-0.3, -0.25) is 4.79 Å². The summed E-state index contributed by atoms with van der Waals surface area (Å²) < 4.78 is 0.770. The predicted molar refractivity (Wildman–Crippen MR) is 83.0 cm³/mol. The topological polar surface area (TPSA) is 46.3 Å². The summed E-state index contributed by atoms with van der Waals surface area (Å²) in [4.78, 5) is 15.4. The molecule has 1 fully saturated rings. The van der Waals surface area contributed by atoms with Crippen molar-refractivity contribution in [2.24, 2.45) is 11.7 Å². The van der Waals surface area contributed by atoms with Crippen LogP contribution in [0.1, 0.15) is 31.1 Å². The second-order valence-corrected chi connectivity index (χ2v) is 6.56. The van der Waals surface area contributed by atoms with Gasteiger partial charge in [-0.15, -0.1) is 23.7 Å². The summed E-state index contributed by atoms with van der Waals surface area (Å²) in [5.74, 6) is 0.215. The summed E-state index contributed by atoms with van der Waals surface area (Å²) in [6.07, 6.45) is 2.97. The summed E-state index contributed by atoms with van der Waals surface area (Å²) in [6.45, 7) is 3.38. The highest BCUT2D eigenvalue weighted by Gasteiger charge is 2.32. The van der Waals surface area contributed by atoms with E-state index >= 15 is 0 Å². The fraction of sp³-hybridized carbons (Fsp3) is 0.615. The van der Waals surface area contributed by atoms with Crippen LogP contribution < -0.4 is 5.73 Å². The van der Waals surface area contributed by atoms with Crippen LogP contribution >= 0.6 is 35.3 Å². The lowest BCUT2D eigenvalue weighted by Gasteiger charge is -2.25. The van der Waals surface area contributed by atoms with E-state index in [1.165, 1.54) is 11.3 Å². The number of thiophene rings is 1. The van der Waals surface area contributed by atoms with Gasteiger partial charge in [0.2, 0.25) is 5.91 Å². The van der Waals surface area contributed by atoms with Gasteiger partial charge in [0.05, 0.1) is 16.8 Å². The van der Waals surface area contributed by atoms with E-state index in [1.807, 2.05) is 24.0 Å². The number of carbonyl (C=O) groups excluding carboxylic acids is 1. The fourth-order valence-electron chi connectivity index (χ4n) is 2.50. The molecule has 1 aromatic heterocycles. The second-order valence-electron chi connectivity index (χ2n) is 4.76. The molecule has 1 aliphatic carbocycles. The molecule has 0 aliphatic heterocycles. The standard InChI is InChI=1S/C13H19ClN2OS.ClH/c1-2-16(8-9-6-7-12(14)18-9)13(17)10-4-3-5-11(10)15;/h6-7,10-11H,2-5,8,15H2,1H3;1H. The monoisotopic (exact) mass is 322 g/mol. The van der Waals surface area contributed by atoms with Crippen LogP contribution in [0.15, 0.2) is 12.1 Å². The van der Waals surface area contributed by atoms with Crippen molar-refractivity contribution in [1.82, 2.24) is 4.90 Å². The highest BCUT2D eigenvalue weighted by atomic mass is 35.5. The second kappa shape index (κ2) is 7.48. The van der Waals surface area contributed by atoms with Crippen LogP contribution in [0.25, 0.3) is 0 Å². The summed E-state index contributed by atoms with van der Waals surface area (Å²) in [6, 6.07) is 3.90. The number of nitrogens with two attached hydrogens (primary N) is 1. The molecule has 2 atom stereocenters. The van der Waals surface area contributed by atoms with E-state index in [-0.39, 0.29) is 30.3 Å². The minimum Gasteiger partial charge on any atom is -0.338 e. The number of carbonyl (C=O) groups is 1. The molecule has 3 nitrogen and oxygen atoms in total. The quantitative estimate of drug-likeness (QED) is 0.924. The lowest BCUT2D eigenvalue weighted by molar-refractivity contribution is -0.136. The van der Waals surface area contributed by atoms with Crippen LogP contribution in [0.2, 0.25) is 4.34 Å². The van der Waals surface area contributed by atoms with E-state index in [2.05, 4.69) is 0 Å². The molecular weight excluding hydrogens is 303 g/mol. The highest BCUT2D eigenvalue weighted by molar-refractivity contribution is 7.16. The number of amides is 1. The Labute approximate surface area is 129 Å². The first-order chi connectivity index (χ1) is 8.61. The van der Waals surface area contributed by atoms with Gasteiger partial charge in [0.15, 0.2) is 0 Å². The Hall–Kier alpha value is -0.290. The Kier molecular flexibility index (Phi) is 6.60. The van der Waals surface area contributed by atoms with Crippen molar-refractivity contribution >= 4 is 41.3 Å². The Balaban J connectivity index is 0.00000180. The molecule has 2 unspecified atom stereocenters. The van der Waals surface area contributed by atoms with Crippen molar-refractivity contribution in [2.45, 2.75) is 38.8 Å². The molecule has 1 aliphatic rings. The van der Waals surface area contributed by atoms with E-state index in [9.17, 15) is 4.79 Å². The number of nitrogens with zero attached hydrogens (tertiary/aromatic N) is 1. The minimum absolute atomic E-state index is 0. The van der Waals surface area contributed by atoms with Gasteiger partial charge in [-0.25, -0.2) is 0 Å². The average Bonchev–Trinajstić information content (AvgIpc) is 2.94. The zero-order valence-electron chi connectivity index (χ0n) is 11.0. The van der Waals surface area contributed by atoms with Crippen molar-refractivity contribution in [1.29, 1.82) is 0 Å². The van der Waals surface area contributed by atoms with Crippen molar-refractivity contribution in [3.63, 3.8) is 0 Å². The molecule has 0 bridgehead atoms. The summed E-state index contributed by atoms with van der Waals surface area (Å²) >= 11 is 7.44. The van der Waals surface area contributed by atoms with Crippen LogP contribution in [0.5, 0.6) is 0 Å². The molecule has 0 aromatic carbocycles. The Morgan fingerprint density at radius 2 is 2.26 bits per heavy atom. The molecule has 2 N–H and O–H groups in total. The van der Waals surface area contributed by atoms with Gasteiger partial charge < -0.3 is 10.6 Å². The van der Waals surface area contributed by atoms with Crippen molar-refractivity contribution in [2.75, 3.05) is 6.54 Å². The normalized spacial score (nSPS) is 22.1. The Bertz CT molecular complexity index is 425. The van der Waals surface area contributed by atoms with Crippen LogP contribution in [0.4, 0.5) is 0 Å². The van der Waals surface area contributed by atoms with Crippen molar-refractivity contribution in [3.05, 3.63) is 21.3 Å². The molecule has 1 amide bonds. The van der Waals surface area contributed by atoms with Crippen LogP contribution in [-0.2, 0) is 11.3 Å². The van der Waals surface area contributed by atoms with Gasteiger partial charge in [0.1, 0.15) is 0 Å². The molecule has 19 heavy (non-hydrogen) atoms. The Morgan fingerprint density at radius 3 is 2.74 bits per heavy atom. The smallest absolute Gasteiger partial charge is 0.227 e. The van der Waals surface area contributed by atoms with Gasteiger partial charge in [-0.1, -0.05) is 18.0 Å². The van der Waals surface area contributed by atoms with Gasteiger partial charge >= 0.3 is 0 Å². The number of halogens is 2. The maximum Gasteiger partial charge on any atom is 0.227 e. The van der Waals surface area contributed by atoms with E-state index in [4.69, 9.17) is 17.3 Å². The first kappa shape index (κ1) is 16.8. The first-order valence-corrected chi connectivity index (χ1v) is 7.60. The number of hydrogen-bond acceptors (Lipinski definition) is 3. The summed E-state index contributed by atoms with van der Waals surface area (Å²) in [7, 11) is 0. The third kappa shape index (κ3) is 4.09. The molecule has 0 saturated heterocycles. The lowest BCUT2D eigenvalue weighted by atomic mass is 10.0. The van der Waals surface area contributed by atoms with E-state index < -0.39 is 0 Å². The fourth-order valence-corrected chi connectivity index (χ4v) is 3.60. The molecule has 0 radical (unpaired) electrons. The SMILES string of the molecule is CCN(Cc1ccc(Cl)s1)C(=O)C1CCCC1N.Cl. The molecule has 108 valence electrons. The summed E-state index contributed by atoms with van der Waals surface area (Å²) in [5.41, 5.74) is 6.00. The van der Waals surface area contributed by atoms with E-state index in [0.717, 1.165) is 35.0 Å². The molecule has 2 rings (SSSR count). The van der Waals surface area contributed by atoms with Crippen LogP contribution in [-0.4, -0.2) is 23.4 Å². The third-order valence-corrected chi connectivity index (χ3v) is 4.77. The Morgan fingerprint density at radius 1 is 1.53 bits per heavy atom. The van der Waals surface area contributed by atoms with Gasteiger partial charge in [-0.05, 0) is 31.9 Å². The van der Waals surface area contributed by atoms with Crippen molar-refractivity contribution in [3.8, 4) is 0 Å². The van der Waals surface area contributed by atoms with E-state index in [1.54, 1.807) is 0 Å². The zero-order valence-corrected chi connectivity index (χ0v) is 13.4. The first-order valence-electron chi connectivity index (χ1n) is 6.40. The number of rotatable bonds is 4. The summed E-state index contributed by atoms with van der Waals surface area (Å²) in [5, 5.41) is 0. The maximum atomic E-state index is 12.4. The molecule has 0 spiro atoms. The minimum atomic E-state index is 0. The molecular formula is C13H20Cl2N2OS. The molecule has 6 heteroatoms. The van der Waals surface area contributed by atoms with Gasteiger partial charge in [0, 0.05) is 17.5 Å². The largest absolute Gasteiger partial charge is 0.338 e.